The highest BCUT2D eigenvalue weighted by Crippen LogP contribution is 2.26. The van der Waals surface area contributed by atoms with E-state index in [2.05, 4.69) is 10.3 Å². The lowest BCUT2D eigenvalue weighted by molar-refractivity contribution is 0.0828. The number of carbonyl (C=O) groups excluding carboxylic acids is 2. The van der Waals surface area contributed by atoms with E-state index in [4.69, 9.17) is 4.42 Å². The van der Waals surface area contributed by atoms with Gasteiger partial charge in [0.05, 0.1) is 28.6 Å². The molecule has 2 amide bonds. The minimum absolute atomic E-state index is 0.184. The predicted octanol–water partition coefficient (Wildman–Crippen LogP) is 4.45. The zero-order valence-electron chi connectivity index (χ0n) is 16.0. The molecular formula is C23H19N3O3. The molecule has 6 nitrogen and oxygen atoms in total. The first-order valence-corrected chi connectivity index (χ1v) is 9.10. The van der Waals surface area contributed by atoms with E-state index in [0.717, 1.165) is 5.39 Å². The molecule has 0 saturated carbocycles. The van der Waals surface area contributed by atoms with Crippen LogP contribution in [-0.4, -0.2) is 35.8 Å². The molecule has 1 N–H and O–H groups in total. The number of para-hydroxylation sites is 2. The maximum absolute atomic E-state index is 13.2. The van der Waals surface area contributed by atoms with E-state index in [0.29, 0.717) is 33.8 Å². The van der Waals surface area contributed by atoms with Crippen molar-refractivity contribution < 1.29 is 14.0 Å². The monoisotopic (exact) mass is 385 g/mol. The van der Waals surface area contributed by atoms with E-state index in [1.165, 1.54) is 4.90 Å². The summed E-state index contributed by atoms with van der Waals surface area (Å²) in [4.78, 5) is 31.7. The Morgan fingerprint density at radius 1 is 0.931 bits per heavy atom. The summed E-state index contributed by atoms with van der Waals surface area (Å²) in [5.74, 6) is 0.0696. The summed E-state index contributed by atoms with van der Waals surface area (Å²) >= 11 is 0. The Kier molecular flexibility index (Phi) is 4.83. The van der Waals surface area contributed by atoms with Crippen LogP contribution in [0.5, 0.6) is 0 Å². The molecule has 0 bridgehead atoms. The maximum atomic E-state index is 13.2. The van der Waals surface area contributed by atoms with Crippen molar-refractivity contribution in [2.45, 2.75) is 0 Å². The molecule has 2 heterocycles. The molecule has 0 unspecified atom stereocenters. The van der Waals surface area contributed by atoms with Gasteiger partial charge in [-0.05, 0) is 36.4 Å². The third kappa shape index (κ3) is 3.60. The Hall–Kier alpha value is -3.93. The van der Waals surface area contributed by atoms with Gasteiger partial charge in [-0.1, -0.05) is 30.3 Å². The van der Waals surface area contributed by atoms with Crippen LogP contribution < -0.4 is 5.32 Å². The maximum Gasteiger partial charge on any atom is 0.256 e. The molecule has 6 heteroatoms. The first kappa shape index (κ1) is 18.4. The summed E-state index contributed by atoms with van der Waals surface area (Å²) in [5.41, 5.74) is 2.59. The van der Waals surface area contributed by atoms with E-state index < -0.39 is 0 Å². The molecule has 0 atom stereocenters. The lowest BCUT2D eigenvalue weighted by Crippen LogP contribution is -2.24. The third-order valence-electron chi connectivity index (χ3n) is 4.55. The van der Waals surface area contributed by atoms with E-state index in [-0.39, 0.29) is 11.8 Å². The summed E-state index contributed by atoms with van der Waals surface area (Å²) in [7, 11) is 3.35. The van der Waals surface area contributed by atoms with E-state index in [1.807, 2.05) is 24.3 Å². The van der Waals surface area contributed by atoms with Crippen molar-refractivity contribution >= 4 is 28.4 Å². The van der Waals surface area contributed by atoms with Crippen LogP contribution in [0.1, 0.15) is 20.7 Å². The SMILES string of the molecule is CN(C)C(=O)c1ccccc1NC(=O)c1cc(-c2ccco2)nc2ccccc12. The summed E-state index contributed by atoms with van der Waals surface area (Å²) in [5, 5.41) is 3.60. The fourth-order valence-corrected chi connectivity index (χ4v) is 3.12. The molecule has 2 aromatic carbocycles. The van der Waals surface area contributed by atoms with E-state index >= 15 is 0 Å². The second-order valence-electron chi connectivity index (χ2n) is 6.75. The molecule has 0 spiro atoms. The number of pyridine rings is 1. The van der Waals surface area contributed by atoms with Gasteiger partial charge < -0.3 is 14.6 Å². The number of carbonyl (C=O) groups is 2. The van der Waals surface area contributed by atoms with Gasteiger partial charge in [-0.25, -0.2) is 4.98 Å². The second-order valence-corrected chi connectivity index (χ2v) is 6.75. The number of nitrogens with zero attached hydrogens (tertiary/aromatic N) is 2. The third-order valence-corrected chi connectivity index (χ3v) is 4.55. The minimum atomic E-state index is -0.324. The molecule has 0 radical (unpaired) electrons. The molecule has 144 valence electrons. The summed E-state index contributed by atoms with van der Waals surface area (Å²) < 4.78 is 5.45. The number of hydrogen-bond acceptors (Lipinski definition) is 4. The van der Waals surface area contributed by atoms with Gasteiger partial charge in [0, 0.05) is 19.5 Å². The number of anilines is 1. The number of amides is 2. The number of nitrogens with one attached hydrogen (secondary N) is 1. The van der Waals surface area contributed by atoms with Crippen molar-refractivity contribution in [2.75, 3.05) is 19.4 Å². The molecule has 0 aliphatic heterocycles. The van der Waals surface area contributed by atoms with Crippen molar-refractivity contribution in [1.82, 2.24) is 9.88 Å². The number of furan rings is 1. The molecule has 0 aliphatic rings. The first-order valence-electron chi connectivity index (χ1n) is 9.10. The fourth-order valence-electron chi connectivity index (χ4n) is 3.12. The van der Waals surface area contributed by atoms with Crippen LogP contribution in [0.4, 0.5) is 5.69 Å². The second kappa shape index (κ2) is 7.59. The van der Waals surface area contributed by atoms with E-state index in [1.54, 1.807) is 62.8 Å². The minimum Gasteiger partial charge on any atom is -0.463 e. The standard InChI is InChI=1S/C23H19N3O3/c1-26(2)23(28)16-9-4-6-11-19(16)25-22(27)17-14-20(21-12-7-13-29-21)24-18-10-5-3-8-15(17)18/h3-14H,1-2H3,(H,25,27). The van der Waals surface area contributed by atoms with Crippen molar-refractivity contribution in [1.29, 1.82) is 0 Å². The number of hydrogen-bond donors (Lipinski definition) is 1. The van der Waals surface area contributed by atoms with Gasteiger partial charge in [-0.15, -0.1) is 0 Å². The molecular weight excluding hydrogens is 366 g/mol. The predicted molar refractivity (Wildman–Crippen MR) is 112 cm³/mol. The molecule has 29 heavy (non-hydrogen) atoms. The Morgan fingerprint density at radius 2 is 1.69 bits per heavy atom. The number of fused-ring (bicyclic) bond motifs is 1. The number of benzene rings is 2. The van der Waals surface area contributed by atoms with Crippen molar-refractivity contribution in [2.24, 2.45) is 0 Å². The van der Waals surface area contributed by atoms with Crippen molar-refractivity contribution in [3.8, 4) is 11.5 Å². The number of aromatic nitrogens is 1. The van der Waals surface area contributed by atoms with Crippen LogP contribution in [0.15, 0.2) is 77.4 Å². The van der Waals surface area contributed by atoms with Gasteiger partial charge in [0.2, 0.25) is 0 Å². The summed E-state index contributed by atoms with van der Waals surface area (Å²) in [6, 6.07) is 19.6. The van der Waals surface area contributed by atoms with Crippen LogP contribution in [0.2, 0.25) is 0 Å². The van der Waals surface area contributed by atoms with Gasteiger partial charge in [0.15, 0.2) is 5.76 Å². The topological polar surface area (TPSA) is 75.4 Å². The fraction of sp³-hybridized carbons (Fsp3) is 0.0870. The largest absolute Gasteiger partial charge is 0.463 e. The van der Waals surface area contributed by atoms with Gasteiger partial charge in [-0.3, -0.25) is 9.59 Å². The van der Waals surface area contributed by atoms with E-state index in [9.17, 15) is 9.59 Å². The molecule has 4 rings (SSSR count). The van der Waals surface area contributed by atoms with Crippen molar-refractivity contribution in [3.63, 3.8) is 0 Å². The van der Waals surface area contributed by atoms with Crippen LogP contribution in [0.3, 0.4) is 0 Å². The highest BCUT2D eigenvalue weighted by atomic mass is 16.3. The highest BCUT2D eigenvalue weighted by Gasteiger charge is 2.18. The Bertz CT molecular complexity index is 1200. The van der Waals surface area contributed by atoms with Crippen LogP contribution >= 0.6 is 0 Å². The Balaban J connectivity index is 1.78. The summed E-state index contributed by atoms with van der Waals surface area (Å²) in [6.07, 6.45) is 1.56. The smallest absolute Gasteiger partial charge is 0.256 e. The molecule has 0 saturated heterocycles. The molecule has 4 aromatic rings. The van der Waals surface area contributed by atoms with Gasteiger partial charge in [-0.2, -0.15) is 0 Å². The van der Waals surface area contributed by atoms with Gasteiger partial charge in [0.1, 0.15) is 5.69 Å². The average Bonchev–Trinajstić information content (AvgIpc) is 3.27. The van der Waals surface area contributed by atoms with Gasteiger partial charge >= 0.3 is 0 Å². The quantitative estimate of drug-likeness (QED) is 0.563. The normalized spacial score (nSPS) is 10.7. The average molecular weight is 385 g/mol. The Morgan fingerprint density at radius 3 is 2.45 bits per heavy atom. The zero-order valence-corrected chi connectivity index (χ0v) is 16.0. The molecule has 2 aromatic heterocycles. The number of rotatable bonds is 4. The van der Waals surface area contributed by atoms with Crippen LogP contribution in [0.25, 0.3) is 22.4 Å². The van der Waals surface area contributed by atoms with Crippen LogP contribution in [0, 0.1) is 0 Å². The summed E-state index contributed by atoms with van der Waals surface area (Å²) in [6.45, 7) is 0. The lowest BCUT2D eigenvalue weighted by Gasteiger charge is -2.15. The highest BCUT2D eigenvalue weighted by molar-refractivity contribution is 6.15. The molecule has 0 aliphatic carbocycles. The Labute approximate surface area is 167 Å². The van der Waals surface area contributed by atoms with Crippen LogP contribution in [-0.2, 0) is 0 Å². The zero-order chi connectivity index (χ0) is 20.4. The lowest BCUT2D eigenvalue weighted by atomic mass is 10.1. The molecule has 0 fully saturated rings. The van der Waals surface area contributed by atoms with Crippen molar-refractivity contribution in [3.05, 3.63) is 84.1 Å². The van der Waals surface area contributed by atoms with Gasteiger partial charge in [0.25, 0.3) is 11.8 Å². The first-order chi connectivity index (χ1) is 14.0.